The highest BCUT2D eigenvalue weighted by atomic mass is 79.9. The summed E-state index contributed by atoms with van der Waals surface area (Å²) in [6.45, 7) is 0. The molecular formula is C12H7BrN4O3S. The van der Waals surface area contributed by atoms with Crippen LogP contribution >= 0.6 is 27.3 Å². The second-order valence-electron chi connectivity index (χ2n) is 3.97. The second-order valence-corrected chi connectivity index (χ2v) is 5.72. The minimum atomic E-state index is -0.518. The van der Waals surface area contributed by atoms with Crippen LogP contribution in [0.5, 0.6) is 11.6 Å². The number of thiophene rings is 1. The monoisotopic (exact) mass is 366 g/mol. The molecule has 0 saturated carbocycles. The van der Waals surface area contributed by atoms with E-state index in [9.17, 15) is 10.1 Å². The van der Waals surface area contributed by atoms with Crippen LogP contribution in [0.1, 0.15) is 0 Å². The van der Waals surface area contributed by atoms with Gasteiger partial charge in [0.2, 0.25) is 17.6 Å². The normalized spacial score (nSPS) is 10.7. The summed E-state index contributed by atoms with van der Waals surface area (Å²) in [7, 11) is 0. The van der Waals surface area contributed by atoms with Crippen molar-refractivity contribution in [2.75, 3.05) is 5.73 Å². The van der Waals surface area contributed by atoms with Gasteiger partial charge in [0, 0.05) is 6.07 Å². The topological polar surface area (TPSA) is 104 Å². The first kappa shape index (κ1) is 13.7. The van der Waals surface area contributed by atoms with Gasteiger partial charge in [0.15, 0.2) is 0 Å². The molecule has 2 aromatic heterocycles. The Morgan fingerprint density at radius 3 is 2.90 bits per heavy atom. The highest BCUT2D eigenvalue weighted by Gasteiger charge is 2.21. The summed E-state index contributed by atoms with van der Waals surface area (Å²) < 4.78 is 6.10. The van der Waals surface area contributed by atoms with Gasteiger partial charge in [-0.1, -0.05) is 6.07 Å². The Kier molecular flexibility index (Phi) is 3.43. The largest absolute Gasteiger partial charge is 0.430 e. The number of aromatic nitrogens is 2. The summed E-state index contributed by atoms with van der Waals surface area (Å²) in [6, 6.07) is 6.34. The summed E-state index contributed by atoms with van der Waals surface area (Å²) in [4.78, 5) is 19.3. The third kappa shape index (κ3) is 2.52. The van der Waals surface area contributed by atoms with E-state index in [1.165, 1.54) is 17.4 Å². The summed E-state index contributed by atoms with van der Waals surface area (Å²) in [6.07, 6.45) is 0. The summed E-state index contributed by atoms with van der Waals surface area (Å²) >= 11 is 4.63. The number of fused-ring (bicyclic) bond motifs is 1. The molecule has 0 aliphatic heterocycles. The molecule has 2 N–H and O–H groups in total. The Hall–Kier alpha value is -2.26. The summed E-state index contributed by atoms with van der Waals surface area (Å²) in [5.74, 6) is 0.316. The predicted octanol–water partition coefficient (Wildman–Crippen LogP) is 3.74. The van der Waals surface area contributed by atoms with E-state index in [4.69, 9.17) is 10.5 Å². The molecule has 2 heterocycles. The summed E-state index contributed by atoms with van der Waals surface area (Å²) in [5.41, 5.74) is 5.47. The number of nitrogens with two attached hydrogens (primary N) is 1. The van der Waals surface area contributed by atoms with Crippen molar-refractivity contribution in [2.24, 2.45) is 0 Å². The van der Waals surface area contributed by atoms with Crippen molar-refractivity contribution in [2.45, 2.75) is 0 Å². The Labute approximate surface area is 130 Å². The third-order valence-electron chi connectivity index (χ3n) is 2.65. The van der Waals surface area contributed by atoms with E-state index in [2.05, 4.69) is 25.9 Å². The van der Waals surface area contributed by atoms with Crippen molar-refractivity contribution < 1.29 is 9.66 Å². The lowest BCUT2D eigenvalue weighted by Gasteiger charge is -2.08. The third-order valence-corrected chi connectivity index (χ3v) is 4.08. The molecule has 0 aliphatic rings. The number of nitro groups is 1. The standard InChI is InChI=1S/C12H7BrN4O3S/c13-7-2-1-3-8(17(18)19)9(7)20-10-6-4-5-21-11(6)16-12(14)15-10/h1-5H,(H2,14,15,16). The minimum absolute atomic E-state index is 0.0506. The van der Waals surface area contributed by atoms with Crippen LogP contribution in [0.25, 0.3) is 10.2 Å². The number of hydrogen-bond donors (Lipinski definition) is 1. The van der Waals surface area contributed by atoms with Gasteiger partial charge in [-0.15, -0.1) is 11.3 Å². The number of nitro benzene ring substituents is 1. The summed E-state index contributed by atoms with van der Waals surface area (Å²) in [5, 5.41) is 13.6. The molecule has 0 atom stereocenters. The first-order chi connectivity index (χ1) is 10.1. The molecule has 1 aromatic carbocycles. The van der Waals surface area contributed by atoms with Crippen LogP contribution in [-0.2, 0) is 0 Å². The van der Waals surface area contributed by atoms with Gasteiger partial charge in [0.1, 0.15) is 4.83 Å². The molecule has 9 heteroatoms. The predicted molar refractivity (Wildman–Crippen MR) is 82.7 cm³/mol. The number of rotatable bonds is 3. The van der Waals surface area contributed by atoms with Crippen LogP contribution < -0.4 is 10.5 Å². The number of halogens is 1. The number of nitrogens with zero attached hydrogens (tertiary/aromatic N) is 3. The van der Waals surface area contributed by atoms with E-state index in [1.54, 1.807) is 18.2 Å². The fourth-order valence-corrected chi connectivity index (χ4v) is 2.96. The van der Waals surface area contributed by atoms with E-state index >= 15 is 0 Å². The minimum Gasteiger partial charge on any atom is -0.430 e. The quantitative estimate of drug-likeness (QED) is 0.559. The molecule has 0 amide bonds. The maximum atomic E-state index is 11.1. The number of hydrogen-bond acceptors (Lipinski definition) is 7. The van der Waals surface area contributed by atoms with Crippen LogP contribution in [0.4, 0.5) is 11.6 Å². The van der Waals surface area contributed by atoms with E-state index in [0.29, 0.717) is 14.7 Å². The zero-order chi connectivity index (χ0) is 15.0. The molecule has 7 nitrogen and oxygen atoms in total. The van der Waals surface area contributed by atoms with Crippen molar-refractivity contribution in [1.29, 1.82) is 0 Å². The van der Waals surface area contributed by atoms with Gasteiger partial charge in [0.25, 0.3) is 0 Å². The molecule has 0 unspecified atom stereocenters. The van der Waals surface area contributed by atoms with Gasteiger partial charge in [0.05, 0.1) is 14.8 Å². The fourth-order valence-electron chi connectivity index (χ4n) is 1.76. The van der Waals surface area contributed by atoms with Crippen molar-refractivity contribution in [3.05, 3.63) is 44.2 Å². The molecule has 0 spiro atoms. The molecule has 0 radical (unpaired) electrons. The molecule has 3 rings (SSSR count). The van der Waals surface area contributed by atoms with Crippen LogP contribution in [0.15, 0.2) is 34.1 Å². The zero-order valence-electron chi connectivity index (χ0n) is 10.3. The molecule has 0 saturated heterocycles. The average molecular weight is 367 g/mol. The van der Waals surface area contributed by atoms with Gasteiger partial charge < -0.3 is 10.5 Å². The van der Waals surface area contributed by atoms with Gasteiger partial charge >= 0.3 is 5.69 Å². The van der Waals surface area contributed by atoms with Gasteiger partial charge in [-0.25, -0.2) is 4.98 Å². The molecule has 106 valence electrons. The van der Waals surface area contributed by atoms with E-state index in [1.807, 2.05) is 5.38 Å². The Morgan fingerprint density at radius 2 is 2.14 bits per heavy atom. The lowest BCUT2D eigenvalue weighted by atomic mass is 10.3. The highest BCUT2D eigenvalue weighted by molar-refractivity contribution is 9.10. The number of nitrogen functional groups attached to an aromatic ring is 1. The van der Waals surface area contributed by atoms with Gasteiger partial charge in [-0.3, -0.25) is 10.1 Å². The van der Waals surface area contributed by atoms with E-state index in [0.717, 1.165) is 0 Å². The Balaban J connectivity index is 2.15. The highest BCUT2D eigenvalue weighted by Crippen LogP contribution is 2.39. The number of para-hydroxylation sites is 1. The van der Waals surface area contributed by atoms with E-state index < -0.39 is 4.92 Å². The first-order valence-corrected chi connectivity index (χ1v) is 7.35. The van der Waals surface area contributed by atoms with E-state index in [-0.39, 0.29) is 23.3 Å². The lowest BCUT2D eigenvalue weighted by molar-refractivity contribution is -0.385. The molecule has 0 fully saturated rings. The Morgan fingerprint density at radius 1 is 1.33 bits per heavy atom. The first-order valence-electron chi connectivity index (χ1n) is 5.67. The molecule has 21 heavy (non-hydrogen) atoms. The Bertz CT molecular complexity index is 852. The zero-order valence-corrected chi connectivity index (χ0v) is 12.7. The van der Waals surface area contributed by atoms with Crippen LogP contribution in [0, 0.1) is 10.1 Å². The fraction of sp³-hybridized carbons (Fsp3) is 0. The van der Waals surface area contributed by atoms with Gasteiger partial charge in [-0.2, -0.15) is 4.98 Å². The number of benzene rings is 1. The second kappa shape index (κ2) is 5.26. The van der Waals surface area contributed by atoms with Crippen molar-refractivity contribution in [1.82, 2.24) is 9.97 Å². The molecular weight excluding hydrogens is 360 g/mol. The van der Waals surface area contributed by atoms with Crippen molar-refractivity contribution in [3.63, 3.8) is 0 Å². The SMILES string of the molecule is Nc1nc(Oc2c(Br)cccc2[N+](=O)[O-])c2ccsc2n1. The van der Waals surface area contributed by atoms with Crippen LogP contribution in [0.3, 0.4) is 0 Å². The van der Waals surface area contributed by atoms with Crippen molar-refractivity contribution in [3.8, 4) is 11.6 Å². The maximum Gasteiger partial charge on any atom is 0.312 e. The maximum absolute atomic E-state index is 11.1. The lowest BCUT2D eigenvalue weighted by Crippen LogP contribution is -1.99. The molecule has 3 aromatic rings. The van der Waals surface area contributed by atoms with Crippen LogP contribution in [-0.4, -0.2) is 14.9 Å². The number of anilines is 1. The smallest absolute Gasteiger partial charge is 0.312 e. The van der Waals surface area contributed by atoms with Crippen LogP contribution in [0.2, 0.25) is 0 Å². The molecule has 0 aliphatic carbocycles. The van der Waals surface area contributed by atoms with Crippen molar-refractivity contribution >= 4 is 49.1 Å². The van der Waals surface area contributed by atoms with Gasteiger partial charge in [-0.05, 0) is 33.4 Å². The molecule has 0 bridgehead atoms. The number of ether oxygens (including phenoxy) is 1. The average Bonchev–Trinajstić information content (AvgIpc) is 2.88.